The van der Waals surface area contributed by atoms with Crippen LogP contribution < -0.4 is 20.9 Å². The maximum atomic E-state index is 11.8. The highest BCUT2D eigenvalue weighted by Crippen LogP contribution is 2.27. The minimum atomic E-state index is -0.102. The number of amides is 1. The maximum absolute atomic E-state index is 11.8. The molecule has 2 aromatic rings. The number of aromatic nitrogens is 1. The van der Waals surface area contributed by atoms with Crippen LogP contribution in [0.15, 0.2) is 41.4 Å². The van der Waals surface area contributed by atoms with E-state index in [0.29, 0.717) is 5.56 Å². The van der Waals surface area contributed by atoms with Crippen LogP contribution in [0, 0.1) is 0 Å². The quantitative estimate of drug-likeness (QED) is 0.103. The second-order valence-corrected chi connectivity index (χ2v) is 9.80. The molecule has 1 heterocycles. The lowest BCUT2D eigenvalue weighted by Crippen LogP contribution is -2.27. The SMILES string of the molecule is CCC.CCCCN(CCCC)c1ccc(N=CNc2ccc(C(=O)NC)cc2)c(NCCCN(CC)CC)n1. The van der Waals surface area contributed by atoms with Crippen molar-refractivity contribution in [1.82, 2.24) is 15.2 Å². The average Bonchev–Trinajstić information content (AvgIpc) is 2.98. The van der Waals surface area contributed by atoms with Crippen molar-refractivity contribution < 1.29 is 4.79 Å². The number of hydrogen-bond donors (Lipinski definition) is 3. The molecule has 0 saturated carbocycles. The molecule has 2 rings (SSSR count). The summed E-state index contributed by atoms with van der Waals surface area (Å²) in [5.74, 6) is 1.71. The van der Waals surface area contributed by atoms with Crippen LogP contribution >= 0.6 is 0 Å². The Bertz CT molecular complexity index is 950. The summed E-state index contributed by atoms with van der Waals surface area (Å²) in [6, 6.07) is 11.4. The number of benzene rings is 1. The molecular weight excluding hydrogens is 498 g/mol. The average molecular weight is 554 g/mol. The molecule has 8 nitrogen and oxygen atoms in total. The third kappa shape index (κ3) is 13.3. The first-order chi connectivity index (χ1) is 19.5. The van der Waals surface area contributed by atoms with Gasteiger partial charge in [0.05, 0.1) is 6.34 Å². The van der Waals surface area contributed by atoms with Crippen molar-refractivity contribution in [3.05, 3.63) is 42.0 Å². The van der Waals surface area contributed by atoms with Gasteiger partial charge in [-0.05, 0) is 75.3 Å². The second kappa shape index (κ2) is 21.7. The molecule has 0 unspecified atom stereocenters. The van der Waals surface area contributed by atoms with Gasteiger partial charge in [-0.2, -0.15) is 0 Å². The van der Waals surface area contributed by atoms with Gasteiger partial charge in [-0.25, -0.2) is 9.98 Å². The summed E-state index contributed by atoms with van der Waals surface area (Å²) >= 11 is 0. The number of nitrogens with one attached hydrogen (secondary N) is 3. The molecule has 40 heavy (non-hydrogen) atoms. The highest BCUT2D eigenvalue weighted by molar-refractivity contribution is 5.94. The number of carbonyl (C=O) groups excluding carboxylic acids is 1. The largest absolute Gasteiger partial charge is 0.368 e. The van der Waals surface area contributed by atoms with Crippen molar-refractivity contribution in [2.45, 2.75) is 80.1 Å². The zero-order valence-corrected chi connectivity index (χ0v) is 26.2. The molecule has 0 aliphatic carbocycles. The molecule has 0 fully saturated rings. The van der Waals surface area contributed by atoms with E-state index in [-0.39, 0.29) is 5.91 Å². The van der Waals surface area contributed by atoms with E-state index in [1.165, 1.54) is 6.42 Å². The number of pyridine rings is 1. The lowest BCUT2D eigenvalue weighted by molar-refractivity contribution is 0.0963. The van der Waals surface area contributed by atoms with Crippen molar-refractivity contribution in [3.63, 3.8) is 0 Å². The van der Waals surface area contributed by atoms with Gasteiger partial charge in [-0.3, -0.25) is 4.79 Å². The summed E-state index contributed by atoms with van der Waals surface area (Å²) in [7, 11) is 1.63. The molecule has 0 atom stereocenters. The third-order valence-corrected chi connectivity index (χ3v) is 6.39. The monoisotopic (exact) mass is 553 g/mol. The topological polar surface area (TPSA) is 84.9 Å². The maximum Gasteiger partial charge on any atom is 0.251 e. The van der Waals surface area contributed by atoms with Crippen LogP contribution in [0.5, 0.6) is 0 Å². The van der Waals surface area contributed by atoms with Crippen molar-refractivity contribution >= 4 is 35.3 Å². The van der Waals surface area contributed by atoms with Crippen LogP contribution in [0.25, 0.3) is 0 Å². The number of unbranched alkanes of at least 4 members (excludes halogenated alkanes) is 2. The van der Waals surface area contributed by atoms with Gasteiger partial charge in [0.25, 0.3) is 5.91 Å². The Kier molecular flexibility index (Phi) is 18.9. The fraction of sp³-hybridized carbons (Fsp3) is 0.594. The Hall–Kier alpha value is -3.13. The van der Waals surface area contributed by atoms with E-state index in [1.54, 1.807) is 25.5 Å². The van der Waals surface area contributed by atoms with Crippen molar-refractivity contribution in [2.75, 3.05) is 61.8 Å². The van der Waals surface area contributed by atoms with Gasteiger partial charge < -0.3 is 25.8 Å². The summed E-state index contributed by atoms with van der Waals surface area (Å²) in [5.41, 5.74) is 2.28. The normalized spacial score (nSPS) is 10.8. The number of anilines is 3. The smallest absolute Gasteiger partial charge is 0.251 e. The Labute approximate surface area is 244 Å². The van der Waals surface area contributed by atoms with Crippen LogP contribution in [0.2, 0.25) is 0 Å². The van der Waals surface area contributed by atoms with E-state index >= 15 is 0 Å². The van der Waals surface area contributed by atoms with E-state index in [0.717, 1.165) is 94.4 Å². The molecule has 0 bridgehead atoms. The number of rotatable bonds is 18. The summed E-state index contributed by atoms with van der Waals surface area (Å²) in [4.78, 5) is 26.3. The first-order valence-corrected chi connectivity index (χ1v) is 15.3. The number of carbonyl (C=O) groups is 1. The van der Waals surface area contributed by atoms with Gasteiger partial charge >= 0.3 is 0 Å². The van der Waals surface area contributed by atoms with Crippen LogP contribution in [0.1, 0.15) is 90.4 Å². The molecule has 1 amide bonds. The molecule has 224 valence electrons. The van der Waals surface area contributed by atoms with Gasteiger partial charge in [0.2, 0.25) is 0 Å². The van der Waals surface area contributed by atoms with Crippen LogP contribution in [0.3, 0.4) is 0 Å². The molecule has 1 aromatic heterocycles. The fourth-order valence-corrected chi connectivity index (χ4v) is 3.98. The van der Waals surface area contributed by atoms with E-state index < -0.39 is 0 Å². The number of nitrogens with zero attached hydrogens (tertiary/aromatic N) is 4. The van der Waals surface area contributed by atoms with Gasteiger partial charge in [0.1, 0.15) is 11.5 Å². The van der Waals surface area contributed by atoms with Gasteiger partial charge in [0, 0.05) is 37.9 Å². The highest BCUT2D eigenvalue weighted by Gasteiger charge is 2.11. The zero-order valence-electron chi connectivity index (χ0n) is 26.2. The van der Waals surface area contributed by atoms with Crippen molar-refractivity contribution in [1.29, 1.82) is 0 Å². The van der Waals surface area contributed by atoms with E-state index in [9.17, 15) is 4.79 Å². The fourth-order valence-electron chi connectivity index (χ4n) is 3.98. The summed E-state index contributed by atoms with van der Waals surface area (Å²) in [6.45, 7) is 19.2. The molecular formula is C32H55N7O. The molecule has 0 radical (unpaired) electrons. The van der Waals surface area contributed by atoms with E-state index in [1.807, 2.05) is 18.2 Å². The van der Waals surface area contributed by atoms with Crippen LogP contribution in [0.4, 0.5) is 23.0 Å². The predicted octanol–water partition coefficient (Wildman–Crippen LogP) is 7.18. The second-order valence-electron chi connectivity index (χ2n) is 9.80. The predicted molar refractivity (Wildman–Crippen MR) is 175 cm³/mol. The zero-order chi connectivity index (χ0) is 29.6. The minimum Gasteiger partial charge on any atom is -0.368 e. The molecule has 1 aromatic carbocycles. The van der Waals surface area contributed by atoms with Crippen molar-refractivity contribution in [2.24, 2.45) is 4.99 Å². The Balaban J connectivity index is 0.00000254. The van der Waals surface area contributed by atoms with Crippen LogP contribution in [-0.4, -0.2) is 68.4 Å². The Morgan fingerprint density at radius 1 is 0.875 bits per heavy atom. The summed E-state index contributed by atoms with van der Waals surface area (Å²) in [5, 5.41) is 9.38. The summed E-state index contributed by atoms with van der Waals surface area (Å²) in [6.07, 6.45) is 8.61. The van der Waals surface area contributed by atoms with E-state index in [2.05, 4.69) is 78.4 Å². The first kappa shape index (κ1) is 34.9. The molecule has 0 aliphatic rings. The lowest BCUT2D eigenvalue weighted by atomic mass is 10.2. The molecule has 3 N–H and O–H groups in total. The standard InChI is InChI=1S/C29H47N7O.C3H8/c1-6-10-21-36(22-11-7-2)27-18-17-26(28(34-27)31-19-12-20-35(8-3)9-4)33-23-32-25-15-13-24(14-16-25)29(37)30-5;1-3-2/h13-18,23H,6-12,19-22H2,1-5H3,(H,30,37)(H,31,34)(H,32,33);3H2,1-2H3. The Morgan fingerprint density at radius 2 is 1.50 bits per heavy atom. The minimum absolute atomic E-state index is 0.102. The molecule has 8 heteroatoms. The molecule has 0 spiro atoms. The van der Waals surface area contributed by atoms with Gasteiger partial charge in [-0.15, -0.1) is 0 Å². The third-order valence-electron chi connectivity index (χ3n) is 6.39. The first-order valence-electron chi connectivity index (χ1n) is 15.3. The number of aliphatic imine (C=N–C) groups is 1. The van der Waals surface area contributed by atoms with Crippen molar-refractivity contribution in [3.8, 4) is 0 Å². The van der Waals surface area contributed by atoms with Gasteiger partial charge in [0.15, 0.2) is 5.82 Å². The number of hydrogen-bond acceptors (Lipinski definition) is 6. The van der Waals surface area contributed by atoms with Gasteiger partial charge in [-0.1, -0.05) is 60.8 Å². The summed E-state index contributed by atoms with van der Waals surface area (Å²) < 4.78 is 0. The van der Waals surface area contributed by atoms with Crippen LogP contribution in [-0.2, 0) is 0 Å². The Morgan fingerprint density at radius 3 is 2.05 bits per heavy atom. The van der Waals surface area contributed by atoms with E-state index in [4.69, 9.17) is 4.98 Å². The lowest BCUT2D eigenvalue weighted by Gasteiger charge is -2.24. The molecule has 0 saturated heterocycles. The highest BCUT2D eigenvalue weighted by atomic mass is 16.1. The molecule has 0 aliphatic heterocycles.